The zero-order chi connectivity index (χ0) is 17.4. The van der Waals surface area contributed by atoms with Gasteiger partial charge in [-0.05, 0) is 50.5 Å². The van der Waals surface area contributed by atoms with Gasteiger partial charge in [0.15, 0.2) is 5.69 Å². The fourth-order valence-electron chi connectivity index (χ4n) is 3.77. The molecule has 2 saturated heterocycles. The van der Waals surface area contributed by atoms with Crippen molar-refractivity contribution < 1.29 is 9.53 Å². The van der Waals surface area contributed by atoms with Gasteiger partial charge in [0.2, 0.25) is 0 Å². The molecule has 7 nitrogen and oxygen atoms in total. The van der Waals surface area contributed by atoms with Crippen molar-refractivity contribution in [3.05, 3.63) is 35.7 Å². The fourth-order valence-corrected chi connectivity index (χ4v) is 3.77. The van der Waals surface area contributed by atoms with Crippen molar-refractivity contribution in [3.8, 4) is 11.4 Å². The van der Waals surface area contributed by atoms with E-state index >= 15 is 0 Å². The first kappa shape index (κ1) is 18.7. The minimum Gasteiger partial charge on any atom is -0.497 e. The molecule has 0 aliphatic carbocycles. The standard InChI is InChI=1S/C18H23N5O2.ClH/c1-12-17(18(24)22-10-9-13-3-4-14(11-22)19-13)20-21-23(12)15-5-7-16(25-2)8-6-15;/h5-8,13-14,19H,3-4,9-11H2,1-2H3;1H. The summed E-state index contributed by atoms with van der Waals surface area (Å²) >= 11 is 0. The Balaban J connectivity index is 0.00000196. The van der Waals surface area contributed by atoms with Crippen molar-refractivity contribution in [2.45, 2.75) is 38.3 Å². The van der Waals surface area contributed by atoms with E-state index in [0.29, 0.717) is 17.8 Å². The Bertz CT molecular complexity index is 776. The van der Waals surface area contributed by atoms with Gasteiger partial charge in [0.25, 0.3) is 5.91 Å². The van der Waals surface area contributed by atoms with Crippen LogP contribution < -0.4 is 10.1 Å². The summed E-state index contributed by atoms with van der Waals surface area (Å²) < 4.78 is 6.89. The highest BCUT2D eigenvalue weighted by molar-refractivity contribution is 5.93. The van der Waals surface area contributed by atoms with Crippen LogP contribution in [0.5, 0.6) is 5.75 Å². The van der Waals surface area contributed by atoms with Crippen molar-refractivity contribution in [2.75, 3.05) is 20.2 Å². The molecule has 2 aromatic rings. The molecule has 1 aromatic heterocycles. The number of fused-ring (bicyclic) bond motifs is 2. The maximum Gasteiger partial charge on any atom is 0.276 e. The van der Waals surface area contributed by atoms with E-state index in [1.54, 1.807) is 11.8 Å². The van der Waals surface area contributed by atoms with Crippen molar-refractivity contribution in [1.82, 2.24) is 25.2 Å². The first-order valence-electron chi connectivity index (χ1n) is 8.78. The third-order valence-corrected chi connectivity index (χ3v) is 5.22. The monoisotopic (exact) mass is 377 g/mol. The predicted molar refractivity (Wildman–Crippen MR) is 100 cm³/mol. The van der Waals surface area contributed by atoms with Gasteiger partial charge in [-0.2, -0.15) is 0 Å². The number of carbonyl (C=O) groups excluding carboxylic acids is 1. The number of rotatable bonds is 3. The van der Waals surface area contributed by atoms with Crippen LogP contribution in [0.1, 0.15) is 35.4 Å². The Labute approximate surface area is 159 Å². The van der Waals surface area contributed by atoms with Crippen LogP contribution in [-0.2, 0) is 0 Å². The second-order valence-corrected chi connectivity index (χ2v) is 6.81. The summed E-state index contributed by atoms with van der Waals surface area (Å²) in [6.07, 6.45) is 3.37. The minimum atomic E-state index is -0.0217. The quantitative estimate of drug-likeness (QED) is 0.885. The van der Waals surface area contributed by atoms with E-state index in [9.17, 15) is 4.79 Å². The van der Waals surface area contributed by atoms with Gasteiger partial charge in [-0.15, -0.1) is 17.5 Å². The van der Waals surface area contributed by atoms with Crippen molar-refractivity contribution >= 4 is 18.3 Å². The normalized spacial score (nSPS) is 21.8. The lowest BCUT2D eigenvalue weighted by molar-refractivity contribution is 0.0741. The van der Waals surface area contributed by atoms with Gasteiger partial charge in [0, 0.05) is 25.2 Å². The van der Waals surface area contributed by atoms with Crippen LogP contribution in [0, 0.1) is 6.92 Å². The number of hydrogen-bond donors (Lipinski definition) is 1. The Hall–Kier alpha value is -2.12. The molecule has 1 N–H and O–H groups in total. The van der Waals surface area contributed by atoms with Crippen LogP contribution >= 0.6 is 12.4 Å². The molecule has 4 rings (SSSR count). The van der Waals surface area contributed by atoms with E-state index < -0.39 is 0 Å². The molecule has 1 aromatic carbocycles. The number of ether oxygens (including phenoxy) is 1. The third kappa shape index (κ3) is 3.41. The summed E-state index contributed by atoms with van der Waals surface area (Å²) in [7, 11) is 1.63. The van der Waals surface area contributed by atoms with Gasteiger partial charge in [-0.3, -0.25) is 4.79 Å². The molecule has 2 aliphatic rings. The summed E-state index contributed by atoms with van der Waals surface area (Å²) in [4.78, 5) is 14.9. The molecular formula is C18H24ClN5O2. The van der Waals surface area contributed by atoms with Crippen LogP contribution in [0.4, 0.5) is 0 Å². The summed E-state index contributed by atoms with van der Waals surface area (Å²) in [5.74, 6) is 0.761. The molecule has 140 valence electrons. The Morgan fingerprint density at radius 1 is 1.19 bits per heavy atom. The smallest absolute Gasteiger partial charge is 0.276 e. The molecule has 1 amide bonds. The van der Waals surface area contributed by atoms with E-state index in [1.165, 1.54) is 6.42 Å². The molecule has 0 spiro atoms. The maximum atomic E-state index is 13.0. The van der Waals surface area contributed by atoms with Gasteiger partial charge >= 0.3 is 0 Å². The number of amides is 1. The molecule has 26 heavy (non-hydrogen) atoms. The molecular weight excluding hydrogens is 354 g/mol. The second kappa shape index (κ2) is 7.63. The lowest BCUT2D eigenvalue weighted by Gasteiger charge is -2.23. The molecule has 2 unspecified atom stereocenters. The number of carbonyl (C=O) groups is 1. The van der Waals surface area contributed by atoms with Crippen LogP contribution in [0.2, 0.25) is 0 Å². The lowest BCUT2D eigenvalue weighted by atomic mass is 10.1. The van der Waals surface area contributed by atoms with E-state index in [-0.39, 0.29) is 18.3 Å². The first-order valence-corrected chi connectivity index (χ1v) is 8.78. The van der Waals surface area contributed by atoms with Gasteiger partial charge in [0.1, 0.15) is 5.75 Å². The molecule has 8 heteroatoms. The molecule has 2 bridgehead atoms. The van der Waals surface area contributed by atoms with Crippen molar-refractivity contribution in [1.29, 1.82) is 0 Å². The van der Waals surface area contributed by atoms with E-state index in [2.05, 4.69) is 15.6 Å². The molecule has 2 fully saturated rings. The fraction of sp³-hybridized carbons (Fsp3) is 0.500. The average Bonchev–Trinajstić information content (AvgIpc) is 3.16. The number of methoxy groups -OCH3 is 1. The lowest BCUT2D eigenvalue weighted by Crippen LogP contribution is -2.39. The number of likely N-dealkylation sites (tertiary alicyclic amines) is 1. The Morgan fingerprint density at radius 3 is 2.65 bits per heavy atom. The highest BCUT2D eigenvalue weighted by atomic mass is 35.5. The van der Waals surface area contributed by atoms with Gasteiger partial charge in [0.05, 0.1) is 18.5 Å². The van der Waals surface area contributed by atoms with E-state index in [4.69, 9.17) is 4.74 Å². The summed E-state index contributed by atoms with van der Waals surface area (Å²) in [5.41, 5.74) is 2.06. The predicted octanol–water partition coefficient (Wildman–Crippen LogP) is 1.97. The summed E-state index contributed by atoms with van der Waals surface area (Å²) in [5, 5.41) is 12.0. The maximum absolute atomic E-state index is 13.0. The topological polar surface area (TPSA) is 72.3 Å². The zero-order valence-corrected chi connectivity index (χ0v) is 15.8. The van der Waals surface area contributed by atoms with Gasteiger partial charge in [-0.1, -0.05) is 5.21 Å². The van der Waals surface area contributed by atoms with Crippen LogP contribution in [-0.4, -0.2) is 58.1 Å². The SMILES string of the molecule is COc1ccc(-n2nnc(C(=O)N3CCC4CCC(C3)N4)c2C)cc1.Cl. The third-order valence-electron chi connectivity index (χ3n) is 5.22. The summed E-state index contributed by atoms with van der Waals surface area (Å²) in [6.45, 7) is 3.42. The van der Waals surface area contributed by atoms with Crippen LogP contribution in [0.25, 0.3) is 5.69 Å². The largest absolute Gasteiger partial charge is 0.497 e. The van der Waals surface area contributed by atoms with Crippen molar-refractivity contribution in [2.24, 2.45) is 0 Å². The number of benzene rings is 1. The van der Waals surface area contributed by atoms with E-state index in [0.717, 1.165) is 43.1 Å². The number of aromatic nitrogens is 3. The molecule has 0 radical (unpaired) electrons. The molecule has 2 atom stereocenters. The average molecular weight is 378 g/mol. The first-order chi connectivity index (χ1) is 12.2. The number of nitrogens with zero attached hydrogens (tertiary/aromatic N) is 4. The Morgan fingerprint density at radius 2 is 1.92 bits per heavy atom. The highest BCUT2D eigenvalue weighted by Crippen LogP contribution is 2.22. The van der Waals surface area contributed by atoms with Gasteiger partial charge in [-0.25, -0.2) is 4.68 Å². The second-order valence-electron chi connectivity index (χ2n) is 6.81. The van der Waals surface area contributed by atoms with Crippen molar-refractivity contribution in [3.63, 3.8) is 0 Å². The Kier molecular flexibility index (Phi) is 5.48. The minimum absolute atomic E-state index is 0. The van der Waals surface area contributed by atoms with Gasteiger partial charge < -0.3 is 15.0 Å². The summed E-state index contributed by atoms with van der Waals surface area (Å²) in [6, 6.07) is 8.52. The molecule has 3 heterocycles. The number of nitrogens with one attached hydrogen (secondary N) is 1. The number of halogens is 1. The molecule has 0 saturated carbocycles. The molecule has 2 aliphatic heterocycles. The number of hydrogen-bond acceptors (Lipinski definition) is 5. The van der Waals surface area contributed by atoms with Crippen LogP contribution in [0.3, 0.4) is 0 Å². The van der Waals surface area contributed by atoms with E-state index in [1.807, 2.05) is 36.1 Å². The van der Waals surface area contributed by atoms with Crippen LogP contribution in [0.15, 0.2) is 24.3 Å². The zero-order valence-electron chi connectivity index (χ0n) is 15.0. The highest BCUT2D eigenvalue weighted by Gasteiger charge is 2.33.